The number of carbonyl (C=O) groups excluding carboxylic acids is 2. The number of anilines is 2. The summed E-state index contributed by atoms with van der Waals surface area (Å²) in [4.78, 5) is 26.2. The van der Waals surface area contributed by atoms with Crippen molar-refractivity contribution in [3.05, 3.63) is 48.5 Å². The van der Waals surface area contributed by atoms with Gasteiger partial charge in [0.25, 0.3) is 11.8 Å². The molecule has 0 bridgehead atoms. The molecule has 2 aromatic carbocycles. The Hall–Kier alpha value is -2.87. The molecule has 3 rings (SSSR count). The van der Waals surface area contributed by atoms with Crippen molar-refractivity contribution in [3.8, 4) is 5.75 Å². The second kappa shape index (κ2) is 6.21. The molecule has 1 atom stereocenters. The summed E-state index contributed by atoms with van der Waals surface area (Å²) in [6.45, 7) is 0. The van der Waals surface area contributed by atoms with Crippen LogP contribution in [0.5, 0.6) is 5.75 Å². The molecule has 0 radical (unpaired) electrons. The van der Waals surface area contributed by atoms with Crippen LogP contribution in [0.1, 0.15) is 0 Å². The van der Waals surface area contributed by atoms with Gasteiger partial charge in [0, 0.05) is 12.7 Å². The number of methoxy groups -OCH3 is 1. The smallest absolute Gasteiger partial charge is 0.255 e. The van der Waals surface area contributed by atoms with Crippen LogP contribution in [0.2, 0.25) is 0 Å². The van der Waals surface area contributed by atoms with Crippen molar-refractivity contribution >= 4 is 33.0 Å². The molecule has 0 saturated carbocycles. The number of benzene rings is 2. The first-order valence-corrected chi connectivity index (χ1v) is 8.96. The van der Waals surface area contributed by atoms with Gasteiger partial charge in [-0.2, -0.15) is 0 Å². The summed E-state index contributed by atoms with van der Waals surface area (Å²) in [5.74, 6) is -1.09. The SMILES string of the molecule is COc1ccc(NC(=O)C2C(=O)N(C)c3ccccc3S2(=O)=O)cc1. The van der Waals surface area contributed by atoms with Gasteiger partial charge in [-0.05, 0) is 36.4 Å². The molecule has 130 valence electrons. The Morgan fingerprint density at radius 1 is 1.12 bits per heavy atom. The van der Waals surface area contributed by atoms with Crippen molar-refractivity contribution in [2.75, 3.05) is 24.4 Å². The van der Waals surface area contributed by atoms with Gasteiger partial charge < -0.3 is 15.0 Å². The van der Waals surface area contributed by atoms with Crippen LogP contribution in [0.4, 0.5) is 11.4 Å². The molecule has 0 spiro atoms. The van der Waals surface area contributed by atoms with Crippen LogP contribution < -0.4 is 15.0 Å². The number of hydrogen-bond donors (Lipinski definition) is 1. The fourth-order valence-corrected chi connectivity index (χ4v) is 4.45. The Labute approximate surface area is 145 Å². The highest BCUT2D eigenvalue weighted by Gasteiger charge is 2.47. The van der Waals surface area contributed by atoms with Crippen molar-refractivity contribution in [1.29, 1.82) is 0 Å². The maximum atomic E-state index is 12.8. The third-order valence-corrected chi connectivity index (χ3v) is 5.99. The summed E-state index contributed by atoms with van der Waals surface area (Å²) in [5.41, 5.74) is 0.635. The Morgan fingerprint density at radius 3 is 2.40 bits per heavy atom. The number of fused-ring (bicyclic) bond motifs is 1. The lowest BCUT2D eigenvalue weighted by Gasteiger charge is -2.30. The lowest BCUT2D eigenvalue weighted by molar-refractivity contribution is -0.124. The highest BCUT2D eigenvalue weighted by Crippen LogP contribution is 2.34. The van der Waals surface area contributed by atoms with Crippen molar-refractivity contribution in [1.82, 2.24) is 0 Å². The van der Waals surface area contributed by atoms with Gasteiger partial charge in [-0.15, -0.1) is 0 Å². The lowest BCUT2D eigenvalue weighted by Crippen LogP contribution is -2.51. The van der Waals surface area contributed by atoms with Gasteiger partial charge in [-0.1, -0.05) is 12.1 Å². The summed E-state index contributed by atoms with van der Waals surface area (Å²) >= 11 is 0. The molecule has 7 nitrogen and oxygen atoms in total. The quantitative estimate of drug-likeness (QED) is 0.837. The number of nitrogens with one attached hydrogen (secondary N) is 1. The first-order chi connectivity index (χ1) is 11.9. The first kappa shape index (κ1) is 17.0. The van der Waals surface area contributed by atoms with Gasteiger partial charge in [-0.25, -0.2) is 8.42 Å². The largest absolute Gasteiger partial charge is 0.497 e. The zero-order valence-electron chi connectivity index (χ0n) is 13.6. The average molecular weight is 360 g/mol. The van der Waals surface area contributed by atoms with E-state index in [0.29, 0.717) is 11.4 Å². The molecule has 1 aliphatic heterocycles. The standard InChI is InChI=1S/C17H16N2O5S/c1-19-13-5-3-4-6-14(13)25(22,23)15(17(19)21)16(20)18-11-7-9-12(24-2)10-8-11/h3-10,15H,1-2H3,(H,18,20). The maximum Gasteiger partial charge on any atom is 0.255 e. The minimum absolute atomic E-state index is 0.0352. The normalized spacial score (nSPS) is 18.4. The monoisotopic (exact) mass is 360 g/mol. The fourth-order valence-electron chi connectivity index (χ4n) is 2.66. The van der Waals surface area contributed by atoms with E-state index in [0.717, 1.165) is 0 Å². The van der Waals surface area contributed by atoms with Crippen LogP contribution in [0.25, 0.3) is 0 Å². The van der Waals surface area contributed by atoms with Crippen molar-refractivity contribution in [3.63, 3.8) is 0 Å². The third kappa shape index (κ3) is 2.85. The van der Waals surface area contributed by atoms with Gasteiger partial charge in [0.05, 0.1) is 17.7 Å². The molecule has 1 aliphatic rings. The summed E-state index contributed by atoms with van der Waals surface area (Å²) < 4.78 is 30.6. The van der Waals surface area contributed by atoms with Gasteiger partial charge >= 0.3 is 0 Å². The van der Waals surface area contributed by atoms with Crippen LogP contribution in [0.3, 0.4) is 0 Å². The maximum absolute atomic E-state index is 12.8. The van der Waals surface area contributed by atoms with Crippen LogP contribution in [-0.4, -0.2) is 39.6 Å². The van der Waals surface area contributed by atoms with Crippen LogP contribution >= 0.6 is 0 Å². The first-order valence-electron chi connectivity index (χ1n) is 7.41. The number of rotatable bonds is 3. The molecule has 1 N–H and O–H groups in total. The number of carbonyl (C=O) groups is 2. The molecule has 2 aromatic rings. The number of para-hydroxylation sites is 1. The number of amides is 2. The Morgan fingerprint density at radius 2 is 1.76 bits per heavy atom. The van der Waals surface area contributed by atoms with E-state index < -0.39 is 26.9 Å². The van der Waals surface area contributed by atoms with E-state index in [9.17, 15) is 18.0 Å². The molecular formula is C17H16N2O5S. The van der Waals surface area contributed by atoms with Crippen molar-refractivity contribution < 1.29 is 22.7 Å². The second-order valence-electron chi connectivity index (χ2n) is 5.51. The molecule has 25 heavy (non-hydrogen) atoms. The molecule has 8 heteroatoms. The van der Waals surface area contributed by atoms with E-state index in [4.69, 9.17) is 4.74 Å². The van der Waals surface area contributed by atoms with Crippen LogP contribution in [0, 0.1) is 0 Å². The van der Waals surface area contributed by atoms with Gasteiger partial charge in [0.2, 0.25) is 15.1 Å². The van der Waals surface area contributed by atoms with E-state index in [1.807, 2.05) is 0 Å². The van der Waals surface area contributed by atoms with E-state index in [-0.39, 0.29) is 10.6 Å². The zero-order chi connectivity index (χ0) is 18.2. The Bertz CT molecular complexity index is 938. The van der Waals surface area contributed by atoms with Gasteiger partial charge in [0.15, 0.2) is 0 Å². The fraction of sp³-hybridized carbons (Fsp3) is 0.176. The average Bonchev–Trinajstić information content (AvgIpc) is 2.60. The number of nitrogens with zero attached hydrogens (tertiary/aromatic N) is 1. The molecule has 0 aromatic heterocycles. The highest BCUT2D eigenvalue weighted by molar-refractivity contribution is 7.94. The molecular weight excluding hydrogens is 344 g/mol. The Balaban J connectivity index is 1.95. The minimum atomic E-state index is -4.13. The minimum Gasteiger partial charge on any atom is -0.497 e. The predicted molar refractivity (Wildman–Crippen MR) is 92.4 cm³/mol. The summed E-state index contributed by atoms with van der Waals surface area (Å²) in [6.07, 6.45) is 0. The number of hydrogen-bond acceptors (Lipinski definition) is 5. The van der Waals surface area contributed by atoms with Crippen LogP contribution in [-0.2, 0) is 19.4 Å². The topological polar surface area (TPSA) is 92.8 Å². The third-order valence-electron chi connectivity index (χ3n) is 3.99. The van der Waals surface area contributed by atoms with Crippen molar-refractivity contribution in [2.45, 2.75) is 10.1 Å². The van der Waals surface area contributed by atoms with E-state index in [2.05, 4.69) is 5.32 Å². The van der Waals surface area contributed by atoms with E-state index in [1.165, 1.54) is 31.2 Å². The van der Waals surface area contributed by atoms with Crippen molar-refractivity contribution in [2.24, 2.45) is 0 Å². The van der Waals surface area contributed by atoms with Gasteiger partial charge in [-0.3, -0.25) is 9.59 Å². The molecule has 0 aliphatic carbocycles. The molecule has 1 heterocycles. The summed E-state index contributed by atoms with van der Waals surface area (Å²) in [7, 11) is -1.17. The molecule has 0 fully saturated rings. The van der Waals surface area contributed by atoms with Crippen LogP contribution in [0.15, 0.2) is 53.4 Å². The Kier molecular flexibility index (Phi) is 4.22. The van der Waals surface area contributed by atoms with Gasteiger partial charge in [0.1, 0.15) is 5.75 Å². The predicted octanol–water partition coefficient (Wildman–Crippen LogP) is 1.45. The summed E-state index contributed by atoms with van der Waals surface area (Å²) in [5, 5.41) is 0.655. The van der Waals surface area contributed by atoms with E-state index >= 15 is 0 Å². The summed E-state index contributed by atoms with van der Waals surface area (Å²) in [6, 6.07) is 12.5. The second-order valence-corrected chi connectivity index (χ2v) is 7.51. The molecule has 1 unspecified atom stereocenters. The number of sulfone groups is 1. The van der Waals surface area contributed by atoms with E-state index in [1.54, 1.807) is 36.4 Å². The zero-order valence-corrected chi connectivity index (χ0v) is 14.4. The highest BCUT2D eigenvalue weighted by atomic mass is 32.2. The number of ether oxygens (including phenoxy) is 1. The lowest BCUT2D eigenvalue weighted by atomic mass is 10.2. The molecule has 2 amide bonds. The molecule has 0 saturated heterocycles.